The van der Waals surface area contributed by atoms with E-state index >= 15 is 0 Å². The number of nitrogens with zero attached hydrogens (tertiary/aromatic N) is 3. The molecular weight excluding hydrogens is 354 g/mol. The van der Waals surface area contributed by atoms with Crippen LogP contribution in [0, 0.1) is 42.4 Å². The van der Waals surface area contributed by atoms with E-state index in [2.05, 4.69) is 12.2 Å². The number of carbonyl (C=O) groups is 2. The largest absolute Gasteiger partial charge is 0.296 e. The van der Waals surface area contributed by atoms with Crippen LogP contribution in [0.2, 0.25) is 0 Å². The van der Waals surface area contributed by atoms with Crippen LogP contribution >= 0.6 is 0 Å². The summed E-state index contributed by atoms with van der Waals surface area (Å²) < 4.78 is 3.25. The van der Waals surface area contributed by atoms with Gasteiger partial charge in [-0.1, -0.05) is 30.4 Å². The highest BCUT2D eigenvalue weighted by Gasteiger charge is 2.67. The number of para-hydroxylation sites is 1. The van der Waals surface area contributed by atoms with Crippen molar-refractivity contribution < 1.29 is 9.59 Å². The molecule has 2 amide bonds. The van der Waals surface area contributed by atoms with Crippen molar-refractivity contribution in [1.82, 2.24) is 9.36 Å². The molecule has 142 valence electrons. The van der Waals surface area contributed by atoms with Crippen LogP contribution in [0.4, 0.5) is 5.69 Å². The van der Waals surface area contributed by atoms with Gasteiger partial charge in [-0.2, -0.15) is 0 Å². The summed E-state index contributed by atoms with van der Waals surface area (Å²) in [6, 6.07) is 9.29. The molecule has 0 spiro atoms. The summed E-state index contributed by atoms with van der Waals surface area (Å²) in [5, 5.41) is 0. The van der Waals surface area contributed by atoms with Crippen molar-refractivity contribution >= 4 is 17.5 Å². The summed E-state index contributed by atoms with van der Waals surface area (Å²) in [6.07, 6.45) is 5.42. The summed E-state index contributed by atoms with van der Waals surface area (Å²) in [5.74, 6) is 0.433. The number of aromatic nitrogens is 2. The van der Waals surface area contributed by atoms with E-state index in [0.717, 1.165) is 6.42 Å². The second-order valence-electron chi connectivity index (χ2n) is 8.58. The zero-order valence-corrected chi connectivity index (χ0v) is 15.8. The predicted octanol–water partition coefficient (Wildman–Crippen LogP) is 2.04. The zero-order valence-electron chi connectivity index (χ0n) is 15.8. The highest BCUT2D eigenvalue weighted by atomic mass is 16.2. The maximum absolute atomic E-state index is 13.4. The monoisotopic (exact) mass is 375 g/mol. The van der Waals surface area contributed by atoms with Crippen LogP contribution in [0.3, 0.4) is 0 Å². The fourth-order valence-electron chi connectivity index (χ4n) is 5.99. The molecule has 6 atom stereocenters. The number of hydrogen-bond acceptors (Lipinski definition) is 3. The molecule has 2 aromatic rings. The Morgan fingerprint density at radius 2 is 1.46 bits per heavy atom. The maximum Gasteiger partial charge on any atom is 0.296 e. The second kappa shape index (κ2) is 5.13. The molecule has 5 aliphatic rings. The van der Waals surface area contributed by atoms with Crippen molar-refractivity contribution in [3.8, 4) is 5.69 Å². The maximum atomic E-state index is 13.4. The molecule has 6 nitrogen and oxygen atoms in total. The van der Waals surface area contributed by atoms with E-state index < -0.39 is 0 Å². The van der Waals surface area contributed by atoms with E-state index in [1.807, 2.05) is 30.3 Å². The van der Waals surface area contributed by atoms with Gasteiger partial charge in [0.25, 0.3) is 5.56 Å². The third-order valence-electron chi connectivity index (χ3n) is 7.41. The smallest absolute Gasteiger partial charge is 0.283 e. The number of benzene rings is 1. The van der Waals surface area contributed by atoms with Gasteiger partial charge in [0.2, 0.25) is 11.8 Å². The van der Waals surface area contributed by atoms with Gasteiger partial charge in [0.15, 0.2) is 0 Å². The van der Waals surface area contributed by atoms with Crippen LogP contribution in [0.1, 0.15) is 12.1 Å². The minimum Gasteiger partial charge on any atom is -0.283 e. The summed E-state index contributed by atoms with van der Waals surface area (Å²) in [5.41, 5.74) is 1.23. The lowest BCUT2D eigenvalue weighted by Gasteiger charge is -2.37. The fraction of sp³-hybridized carbons (Fsp3) is 0.409. The van der Waals surface area contributed by atoms with Crippen molar-refractivity contribution in [2.75, 3.05) is 4.90 Å². The number of rotatable bonds is 2. The van der Waals surface area contributed by atoms with Gasteiger partial charge in [-0.15, -0.1) is 0 Å². The molecule has 1 aliphatic heterocycles. The van der Waals surface area contributed by atoms with E-state index in [-0.39, 0.29) is 46.7 Å². The Kier molecular flexibility index (Phi) is 2.95. The number of hydrogen-bond donors (Lipinski definition) is 0. The van der Waals surface area contributed by atoms with Gasteiger partial charge >= 0.3 is 0 Å². The first kappa shape index (κ1) is 16.1. The predicted molar refractivity (Wildman–Crippen MR) is 103 cm³/mol. The Hall–Kier alpha value is -2.89. The van der Waals surface area contributed by atoms with Crippen molar-refractivity contribution in [2.24, 2.45) is 42.6 Å². The highest BCUT2D eigenvalue weighted by molar-refractivity contribution is 6.22. The molecule has 7 rings (SSSR count). The first-order chi connectivity index (χ1) is 13.5. The first-order valence-corrected chi connectivity index (χ1v) is 9.91. The van der Waals surface area contributed by atoms with Gasteiger partial charge in [-0.05, 0) is 49.1 Å². The van der Waals surface area contributed by atoms with Gasteiger partial charge in [-0.3, -0.25) is 19.1 Å². The summed E-state index contributed by atoms with van der Waals surface area (Å²) in [6.45, 7) is 1.79. The van der Waals surface area contributed by atoms with Crippen molar-refractivity contribution in [3.63, 3.8) is 0 Å². The van der Waals surface area contributed by atoms with Gasteiger partial charge in [0.05, 0.1) is 23.2 Å². The van der Waals surface area contributed by atoms with Gasteiger partial charge in [-0.25, -0.2) is 9.58 Å². The molecule has 1 aromatic carbocycles. The summed E-state index contributed by atoms with van der Waals surface area (Å²) >= 11 is 0. The molecule has 0 unspecified atom stereocenters. The van der Waals surface area contributed by atoms with Gasteiger partial charge in [0, 0.05) is 7.05 Å². The van der Waals surface area contributed by atoms with E-state index in [0.29, 0.717) is 23.2 Å². The lowest BCUT2D eigenvalue weighted by Crippen LogP contribution is -2.40. The minimum atomic E-state index is -0.322. The van der Waals surface area contributed by atoms with Crippen LogP contribution in [0.15, 0.2) is 47.3 Å². The van der Waals surface area contributed by atoms with Crippen LogP contribution in [0.25, 0.3) is 5.69 Å². The van der Waals surface area contributed by atoms with E-state index in [9.17, 15) is 14.4 Å². The molecule has 28 heavy (non-hydrogen) atoms. The molecule has 3 fully saturated rings. The van der Waals surface area contributed by atoms with E-state index in [1.165, 1.54) is 9.58 Å². The second-order valence-corrected chi connectivity index (χ2v) is 8.58. The number of amides is 2. The van der Waals surface area contributed by atoms with Crippen molar-refractivity contribution in [3.05, 3.63) is 58.5 Å². The van der Waals surface area contributed by atoms with E-state index in [1.54, 1.807) is 18.7 Å². The number of allylic oxidation sites excluding steroid dienone is 2. The average molecular weight is 375 g/mol. The third kappa shape index (κ3) is 1.76. The Morgan fingerprint density at radius 1 is 0.893 bits per heavy atom. The zero-order chi connectivity index (χ0) is 19.3. The fourth-order valence-corrected chi connectivity index (χ4v) is 5.99. The molecule has 4 aliphatic carbocycles. The molecule has 2 bridgehead atoms. The van der Waals surface area contributed by atoms with Crippen molar-refractivity contribution in [2.45, 2.75) is 13.3 Å². The lowest BCUT2D eigenvalue weighted by atomic mass is 9.63. The Morgan fingerprint density at radius 3 is 2.04 bits per heavy atom. The SMILES string of the molecule is Cc1c(N2C(=O)[C@@H]3[C@H]4C=C[C@@H]([C@@H]5C[C@H]45)[C@H]3C2=O)c(=O)n(-c2ccccc2)n1C. The summed E-state index contributed by atoms with van der Waals surface area (Å²) in [4.78, 5) is 41.3. The molecule has 2 saturated carbocycles. The summed E-state index contributed by atoms with van der Waals surface area (Å²) in [7, 11) is 1.78. The first-order valence-electron chi connectivity index (χ1n) is 9.91. The van der Waals surface area contributed by atoms with Crippen molar-refractivity contribution in [1.29, 1.82) is 0 Å². The van der Waals surface area contributed by atoms with Gasteiger partial charge in [0.1, 0.15) is 5.69 Å². The lowest BCUT2D eigenvalue weighted by molar-refractivity contribution is -0.124. The Labute approximate surface area is 162 Å². The third-order valence-corrected chi connectivity index (χ3v) is 7.41. The minimum absolute atomic E-state index is 0.154. The van der Waals surface area contributed by atoms with Gasteiger partial charge < -0.3 is 0 Å². The number of anilines is 1. The number of imide groups is 1. The van der Waals surface area contributed by atoms with Crippen LogP contribution < -0.4 is 10.5 Å². The molecule has 2 heterocycles. The molecule has 0 radical (unpaired) electrons. The molecule has 6 heteroatoms. The molecular formula is C22H21N3O3. The highest BCUT2D eigenvalue weighted by Crippen LogP contribution is 2.65. The van der Waals surface area contributed by atoms with Crippen LogP contribution in [-0.4, -0.2) is 21.2 Å². The number of carbonyl (C=O) groups excluding carboxylic acids is 2. The molecule has 0 N–H and O–H groups in total. The molecule has 1 aromatic heterocycles. The standard InChI is InChI=1S/C22H21N3O3/c1-11-19(22(28)25(23(11)2)12-6-4-3-5-7-12)24-20(26)17-13-8-9-14(16-10-15(13)16)18(17)21(24)27/h3-9,13-18H,10H2,1-2H3/t13-,14-,15-,16+,17+,18+/m0/s1. The quantitative estimate of drug-likeness (QED) is 0.596. The molecule has 1 saturated heterocycles. The van der Waals surface area contributed by atoms with E-state index in [4.69, 9.17) is 0 Å². The van der Waals surface area contributed by atoms with Crippen LogP contribution in [-0.2, 0) is 16.6 Å². The Balaban J connectivity index is 1.49. The topological polar surface area (TPSA) is 64.3 Å². The van der Waals surface area contributed by atoms with Crippen LogP contribution in [0.5, 0.6) is 0 Å². The Bertz CT molecular complexity index is 1090. The average Bonchev–Trinajstić information content (AvgIpc) is 3.45. The normalized spacial score (nSPS) is 34.7.